The molecule has 0 spiro atoms. The highest BCUT2D eigenvalue weighted by Crippen LogP contribution is 2.24. The van der Waals surface area contributed by atoms with Crippen LogP contribution in [-0.4, -0.2) is 18.4 Å². The second-order valence-corrected chi connectivity index (χ2v) is 8.92. The summed E-state index contributed by atoms with van der Waals surface area (Å²) in [7, 11) is 0. The van der Waals surface area contributed by atoms with E-state index in [-0.39, 0.29) is 23.8 Å². The molecule has 0 fully saturated rings. The fourth-order valence-electron chi connectivity index (χ4n) is 3.36. The highest BCUT2D eigenvalue weighted by molar-refractivity contribution is 6.04. The van der Waals surface area contributed by atoms with Crippen molar-refractivity contribution in [1.82, 2.24) is 0 Å². The number of aryl methyl sites for hydroxylation is 2. The number of nitrogens with one attached hydrogen (secondary N) is 2. The third-order valence-electron chi connectivity index (χ3n) is 5.17. The molecule has 5 heteroatoms. The molecule has 0 radical (unpaired) electrons. The van der Waals surface area contributed by atoms with Crippen molar-refractivity contribution in [2.75, 3.05) is 17.2 Å². The molecule has 0 aliphatic carbocycles. The molecule has 2 amide bonds. The Bertz CT molecular complexity index is 1090. The predicted octanol–water partition coefficient (Wildman–Crippen LogP) is 5.87. The lowest BCUT2D eigenvalue weighted by molar-refractivity contribution is -0.118. The van der Waals surface area contributed by atoms with Gasteiger partial charge in [0.15, 0.2) is 6.61 Å². The quantitative estimate of drug-likeness (QED) is 0.514. The minimum Gasteiger partial charge on any atom is -0.483 e. The maximum absolute atomic E-state index is 12.6. The van der Waals surface area contributed by atoms with Gasteiger partial charge in [-0.2, -0.15) is 0 Å². The second-order valence-electron chi connectivity index (χ2n) is 8.92. The van der Waals surface area contributed by atoms with Crippen LogP contribution in [0, 0.1) is 13.8 Å². The average Bonchev–Trinajstić information content (AvgIpc) is 2.73. The van der Waals surface area contributed by atoms with Crippen molar-refractivity contribution in [3.05, 3.63) is 89.0 Å². The number of carbonyl (C=O) groups excluding carboxylic acids is 2. The number of hydrogen-bond donors (Lipinski definition) is 2. The predicted molar refractivity (Wildman–Crippen MR) is 130 cm³/mol. The van der Waals surface area contributed by atoms with Gasteiger partial charge in [-0.15, -0.1) is 0 Å². The van der Waals surface area contributed by atoms with Crippen LogP contribution in [0.5, 0.6) is 5.75 Å². The Morgan fingerprint density at radius 2 is 1.38 bits per heavy atom. The van der Waals surface area contributed by atoms with Crippen molar-refractivity contribution in [2.24, 2.45) is 0 Å². The number of carbonyl (C=O) groups is 2. The fourth-order valence-corrected chi connectivity index (χ4v) is 3.36. The molecule has 166 valence electrons. The Kier molecular flexibility index (Phi) is 6.98. The van der Waals surface area contributed by atoms with Crippen LogP contribution in [0.25, 0.3) is 0 Å². The van der Waals surface area contributed by atoms with E-state index in [0.29, 0.717) is 16.9 Å². The third-order valence-corrected chi connectivity index (χ3v) is 5.17. The number of para-hydroxylation sites is 1. The fraction of sp³-hybridized carbons (Fsp3) is 0.259. The first-order valence-electron chi connectivity index (χ1n) is 10.6. The van der Waals surface area contributed by atoms with Gasteiger partial charge in [0.25, 0.3) is 11.8 Å². The first-order chi connectivity index (χ1) is 15.1. The molecule has 0 bridgehead atoms. The standard InChI is InChI=1S/C27H30N2O3/c1-18-8-6-9-19(2)25(18)32-17-24(30)28-22-10-7-11-23(16-22)29-26(31)20-12-14-21(15-13-20)27(3,4)5/h6-16H,17H2,1-5H3,(H,28,30)(H,29,31). The van der Waals surface area contributed by atoms with Crippen LogP contribution in [0.1, 0.15) is 47.8 Å². The van der Waals surface area contributed by atoms with Crippen molar-refractivity contribution in [3.63, 3.8) is 0 Å². The average molecular weight is 431 g/mol. The summed E-state index contributed by atoms with van der Waals surface area (Å²) in [4.78, 5) is 25.0. The normalized spacial score (nSPS) is 11.0. The van der Waals surface area contributed by atoms with Gasteiger partial charge in [0.05, 0.1) is 0 Å². The van der Waals surface area contributed by atoms with Gasteiger partial charge in [0.1, 0.15) is 5.75 Å². The van der Waals surface area contributed by atoms with Gasteiger partial charge in [-0.3, -0.25) is 9.59 Å². The summed E-state index contributed by atoms with van der Waals surface area (Å²) < 4.78 is 5.71. The number of amides is 2. The highest BCUT2D eigenvalue weighted by Gasteiger charge is 2.14. The van der Waals surface area contributed by atoms with Gasteiger partial charge < -0.3 is 15.4 Å². The summed E-state index contributed by atoms with van der Waals surface area (Å²) in [5, 5.41) is 5.69. The van der Waals surface area contributed by atoms with E-state index in [1.54, 1.807) is 24.3 Å². The lowest BCUT2D eigenvalue weighted by atomic mass is 9.87. The maximum Gasteiger partial charge on any atom is 0.262 e. The van der Waals surface area contributed by atoms with Crippen LogP contribution in [0.4, 0.5) is 11.4 Å². The lowest BCUT2D eigenvalue weighted by Gasteiger charge is -2.19. The minimum absolute atomic E-state index is 0.0309. The van der Waals surface area contributed by atoms with Gasteiger partial charge in [-0.1, -0.05) is 57.2 Å². The Balaban J connectivity index is 1.60. The van der Waals surface area contributed by atoms with Crippen molar-refractivity contribution in [2.45, 2.75) is 40.0 Å². The lowest BCUT2D eigenvalue weighted by Crippen LogP contribution is -2.21. The smallest absolute Gasteiger partial charge is 0.262 e. The van der Waals surface area contributed by atoms with Crippen molar-refractivity contribution in [1.29, 1.82) is 0 Å². The summed E-state index contributed by atoms with van der Waals surface area (Å²) in [6.45, 7) is 10.2. The number of anilines is 2. The zero-order valence-corrected chi connectivity index (χ0v) is 19.3. The van der Waals surface area contributed by atoms with E-state index < -0.39 is 0 Å². The second kappa shape index (κ2) is 9.69. The molecule has 0 atom stereocenters. The van der Waals surface area contributed by atoms with E-state index in [2.05, 4.69) is 31.4 Å². The maximum atomic E-state index is 12.6. The molecular weight excluding hydrogens is 400 g/mol. The molecule has 0 unspecified atom stereocenters. The van der Waals surface area contributed by atoms with E-state index >= 15 is 0 Å². The highest BCUT2D eigenvalue weighted by atomic mass is 16.5. The van der Waals surface area contributed by atoms with Gasteiger partial charge in [-0.05, 0) is 66.3 Å². The Labute approximate surface area is 189 Å². The van der Waals surface area contributed by atoms with Crippen LogP contribution in [-0.2, 0) is 10.2 Å². The number of hydrogen-bond acceptors (Lipinski definition) is 3. The monoisotopic (exact) mass is 430 g/mol. The molecule has 0 saturated heterocycles. The molecule has 3 aromatic carbocycles. The summed E-state index contributed by atoms with van der Waals surface area (Å²) in [5.41, 5.74) is 4.93. The largest absolute Gasteiger partial charge is 0.483 e. The van der Waals surface area contributed by atoms with Crippen LogP contribution in [0.15, 0.2) is 66.7 Å². The molecule has 0 aromatic heterocycles. The molecule has 32 heavy (non-hydrogen) atoms. The van der Waals surface area contributed by atoms with Crippen molar-refractivity contribution < 1.29 is 14.3 Å². The van der Waals surface area contributed by atoms with Gasteiger partial charge >= 0.3 is 0 Å². The van der Waals surface area contributed by atoms with E-state index in [9.17, 15) is 9.59 Å². The third kappa shape index (κ3) is 5.97. The molecule has 3 rings (SSSR count). The Hall–Kier alpha value is -3.60. The summed E-state index contributed by atoms with van der Waals surface area (Å²) in [6.07, 6.45) is 0. The first kappa shape index (κ1) is 23.1. The SMILES string of the molecule is Cc1cccc(C)c1OCC(=O)Nc1cccc(NC(=O)c2ccc(C(C)(C)C)cc2)c1. The molecule has 0 saturated carbocycles. The zero-order valence-electron chi connectivity index (χ0n) is 19.3. The number of ether oxygens (including phenoxy) is 1. The molecule has 0 aliphatic heterocycles. The number of rotatable bonds is 6. The van der Waals surface area contributed by atoms with E-state index in [1.165, 1.54) is 5.56 Å². The molecule has 0 heterocycles. The first-order valence-corrected chi connectivity index (χ1v) is 10.6. The van der Waals surface area contributed by atoms with Gasteiger partial charge in [0.2, 0.25) is 0 Å². The summed E-state index contributed by atoms with van der Waals surface area (Å²) >= 11 is 0. The van der Waals surface area contributed by atoms with Crippen molar-refractivity contribution in [3.8, 4) is 5.75 Å². The molecule has 2 N–H and O–H groups in total. The zero-order chi connectivity index (χ0) is 23.3. The van der Waals surface area contributed by atoms with Crippen LogP contribution in [0.3, 0.4) is 0 Å². The molecule has 0 aliphatic rings. The van der Waals surface area contributed by atoms with Gasteiger partial charge in [-0.25, -0.2) is 0 Å². The van der Waals surface area contributed by atoms with Crippen LogP contribution >= 0.6 is 0 Å². The van der Waals surface area contributed by atoms with Gasteiger partial charge in [0, 0.05) is 16.9 Å². The molecular formula is C27H30N2O3. The van der Waals surface area contributed by atoms with Crippen molar-refractivity contribution >= 4 is 23.2 Å². The van der Waals surface area contributed by atoms with Crippen LogP contribution in [0.2, 0.25) is 0 Å². The Morgan fingerprint density at radius 3 is 1.97 bits per heavy atom. The topological polar surface area (TPSA) is 67.4 Å². The summed E-state index contributed by atoms with van der Waals surface area (Å²) in [6, 6.07) is 20.5. The van der Waals surface area contributed by atoms with E-state index in [4.69, 9.17) is 4.74 Å². The molecule has 3 aromatic rings. The van der Waals surface area contributed by atoms with Crippen LogP contribution < -0.4 is 15.4 Å². The van der Waals surface area contributed by atoms with E-state index in [0.717, 1.165) is 16.9 Å². The van der Waals surface area contributed by atoms with E-state index in [1.807, 2.05) is 56.3 Å². The molecule has 5 nitrogen and oxygen atoms in total. The summed E-state index contributed by atoms with van der Waals surface area (Å²) in [5.74, 6) is 0.252. The number of benzene rings is 3. The Morgan fingerprint density at radius 1 is 0.812 bits per heavy atom. The minimum atomic E-state index is -0.270.